The van der Waals surface area contributed by atoms with Gasteiger partial charge in [-0.15, -0.1) is 0 Å². The van der Waals surface area contributed by atoms with Crippen molar-refractivity contribution in [3.63, 3.8) is 0 Å². The molecule has 3 heterocycles. The molecule has 0 N–H and O–H groups in total. The van der Waals surface area contributed by atoms with Gasteiger partial charge in [0.1, 0.15) is 0 Å². The van der Waals surface area contributed by atoms with E-state index in [2.05, 4.69) is 104 Å². The predicted molar refractivity (Wildman–Crippen MR) is 152 cm³/mol. The van der Waals surface area contributed by atoms with Crippen LogP contribution in [0.4, 0.5) is 11.4 Å². The lowest BCUT2D eigenvalue weighted by molar-refractivity contribution is 0.313. The lowest BCUT2D eigenvalue weighted by Crippen LogP contribution is -2.44. The number of nitrogens with zero attached hydrogens (tertiary/aromatic N) is 6. The Morgan fingerprint density at radius 3 is 1.19 bits per heavy atom. The van der Waals surface area contributed by atoms with E-state index in [0.29, 0.717) is 0 Å². The Labute approximate surface area is 215 Å². The SMILES string of the molecule is CN1CCN(c2ccc(/C=C/c3cnc(/C=C/c4ccc(N5CCN(C)CC5)cc4)cn3)cc2)CC1. The second-order valence-electron chi connectivity index (χ2n) is 9.80. The topological polar surface area (TPSA) is 38.7 Å². The summed E-state index contributed by atoms with van der Waals surface area (Å²) < 4.78 is 0. The standard InChI is InChI=1S/C30H36N6/c1-33-15-19-35(20-16-33)29-11-5-25(6-12-29)3-9-27-23-32-28(24-31-27)10-4-26-7-13-30(14-8-26)36-21-17-34(2)18-22-36/h3-14,23-24H,15-22H2,1-2H3/b9-3+,10-4+. The summed E-state index contributed by atoms with van der Waals surface area (Å²) in [7, 11) is 4.37. The molecule has 36 heavy (non-hydrogen) atoms. The number of likely N-dealkylation sites (N-methyl/N-ethyl adjacent to an activating group) is 2. The minimum Gasteiger partial charge on any atom is -0.369 e. The summed E-state index contributed by atoms with van der Waals surface area (Å²) in [5, 5.41) is 0. The van der Waals surface area contributed by atoms with Gasteiger partial charge in [-0.3, -0.25) is 9.97 Å². The van der Waals surface area contributed by atoms with E-state index in [4.69, 9.17) is 0 Å². The van der Waals surface area contributed by atoms with Crippen molar-refractivity contribution in [2.75, 3.05) is 76.3 Å². The highest BCUT2D eigenvalue weighted by Gasteiger charge is 2.14. The van der Waals surface area contributed by atoms with Crippen LogP contribution in [0, 0.1) is 0 Å². The summed E-state index contributed by atoms with van der Waals surface area (Å²) in [4.78, 5) is 18.8. The van der Waals surface area contributed by atoms with Crippen molar-refractivity contribution in [3.8, 4) is 0 Å². The molecule has 0 saturated carbocycles. The van der Waals surface area contributed by atoms with Gasteiger partial charge in [0.15, 0.2) is 0 Å². The van der Waals surface area contributed by atoms with Gasteiger partial charge in [0.2, 0.25) is 0 Å². The molecular formula is C30H36N6. The highest BCUT2D eigenvalue weighted by Crippen LogP contribution is 2.19. The molecule has 6 heteroatoms. The van der Waals surface area contributed by atoms with E-state index in [1.54, 1.807) is 0 Å². The van der Waals surface area contributed by atoms with Crippen LogP contribution in [0.15, 0.2) is 60.9 Å². The van der Waals surface area contributed by atoms with Gasteiger partial charge >= 0.3 is 0 Å². The molecule has 2 aliphatic heterocycles. The molecule has 0 amide bonds. The first-order valence-corrected chi connectivity index (χ1v) is 12.9. The third-order valence-corrected chi connectivity index (χ3v) is 7.11. The summed E-state index contributed by atoms with van der Waals surface area (Å²) in [5.41, 5.74) is 6.63. The number of anilines is 2. The Balaban J connectivity index is 1.14. The molecule has 0 bridgehead atoms. The van der Waals surface area contributed by atoms with Gasteiger partial charge < -0.3 is 19.6 Å². The Kier molecular flexibility index (Phi) is 7.74. The summed E-state index contributed by atoms with van der Waals surface area (Å²) in [5.74, 6) is 0. The fraction of sp³-hybridized carbons (Fsp3) is 0.333. The minimum absolute atomic E-state index is 0.854. The van der Waals surface area contributed by atoms with Gasteiger partial charge in [0.05, 0.1) is 23.8 Å². The van der Waals surface area contributed by atoms with Crippen LogP contribution in [-0.4, -0.2) is 86.2 Å². The smallest absolute Gasteiger partial charge is 0.0813 e. The predicted octanol–water partition coefficient (Wildman–Crippen LogP) is 4.32. The van der Waals surface area contributed by atoms with Crippen molar-refractivity contribution in [1.82, 2.24) is 19.8 Å². The Bertz CT molecular complexity index is 1060. The van der Waals surface area contributed by atoms with Crippen molar-refractivity contribution in [1.29, 1.82) is 0 Å². The van der Waals surface area contributed by atoms with Crippen molar-refractivity contribution < 1.29 is 0 Å². The van der Waals surface area contributed by atoms with E-state index in [1.165, 1.54) is 22.5 Å². The first kappa shape index (κ1) is 24.2. The maximum Gasteiger partial charge on any atom is 0.0813 e. The molecular weight excluding hydrogens is 444 g/mol. The van der Waals surface area contributed by atoms with Crippen LogP contribution in [0.5, 0.6) is 0 Å². The molecule has 2 fully saturated rings. The normalized spacial score (nSPS) is 17.9. The molecule has 0 spiro atoms. The molecule has 0 unspecified atom stereocenters. The molecule has 0 atom stereocenters. The quantitative estimate of drug-likeness (QED) is 0.523. The van der Waals surface area contributed by atoms with Crippen molar-refractivity contribution in [2.24, 2.45) is 0 Å². The molecule has 2 saturated heterocycles. The van der Waals surface area contributed by atoms with E-state index < -0.39 is 0 Å². The maximum atomic E-state index is 4.56. The Morgan fingerprint density at radius 1 is 0.500 bits per heavy atom. The summed E-state index contributed by atoms with van der Waals surface area (Å²) >= 11 is 0. The van der Waals surface area contributed by atoms with Gasteiger partial charge in [-0.2, -0.15) is 0 Å². The van der Waals surface area contributed by atoms with Crippen LogP contribution >= 0.6 is 0 Å². The largest absolute Gasteiger partial charge is 0.369 e. The van der Waals surface area contributed by atoms with Crippen molar-refractivity contribution >= 4 is 35.7 Å². The minimum atomic E-state index is 0.854. The highest BCUT2D eigenvalue weighted by atomic mass is 15.3. The van der Waals surface area contributed by atoms with Crippen LogP contribution < -0.4 is 9.80 Å². The lowest BCUT2D eigenvalue weighted by atomic mass is 10.1. The number of rotatable bonds is 6. The molecule has 2 aromatic carbocycles. The zero-order chi connectivity index (χ0) is 24.7. The highest BCUT2D eigenvalue weighted by molar-refractivity contribution is 5.71. The number of hydrogen-bond acceptors (Lipinski definition) is 6. The Morgan fingerprint density at radius 2 is 0.861 bits per heavy atom. The first-order chi connectivity index (χ1) is 17.6. The molecule has 5 rings (SSSR count). The van der Waals surface area contributed by atoms with Crippen LogP contribution in [0.3, 0.4) is 0 Å². The number of benzene rings is 2. The van der Waals surface area contributed by atoms with Gasteiger partial charge in [0, 0.05) is 63.7 Å². The molecule has 0 aliphatic carbocycles. The zero-order valence-electron chi connectivity index (χ0n) is 21.4. The molecule has 0 radical (unpaired) electrons. The Hall–Kier alpha value is -3.48. The van der Waals surface area contributed by atoms with Gasteiger partial charge in [0.25, 0.3) is 0 Å². The molecule has 6 nitrogen and oxygen atoms in total. The molecule has 186 valence electrons. The number of aromatic nitrogens is 2. The van der Waals surface area contributed by atoms with Gasteiger partial charge in [-0.1, -0.05) is 36.4 Å². The van der Waals surface area contributed by atoms with E-state index in [9.17, 15) is 0 Å². The molecule has 3 aromatic rings. The fourth-order valence-corrected chi connectivity index (χ4v) is 4.61. The van der Waals surface area contributed by atoms with Crippen LogP contribution in [-0.2, 0) is 0 Å². The second kappa shape index (κ2) is 11.5. The number of piperazine rings is 2. The fourth-order valence-electron chi connectivity index (χ4n) is 4.61. The van der Waals surface area contributed by atoms with E-state index >= 15 is 0 Å². The van der Waals surface area contributed by atoms with Crippen LogP contribution in [0.1, 0.15) is 22.5 Å². The second-order valence-corrected chi connectivity index (χ2v) is 9.80. The van der Waals surface area contributed by atoms with E-state index in [0.717, 1.165) is 63.7 Å². The lowest BCUT2D eigenvalue weighted by Gasteiger charge is -2.34. The van der Waals surface area contributed by atoms with Gasteiger partial charge in [-0.25, -0.2) is 0 Å². The van der Waals surface area contributed by atoms with E-state index in [-0.39, 0.29) is 0 Å². The summed E-state index contributed by atoms with van der Waals surface area (Å²) in [6.07, 6.45) is 11.9. The zero-order valence-corrected chi connectivity index (χ0v) is 21.4. The van der Waals surface area contributed by atoms with Gasteiger partial charge in [-0.05, 0) is 61.6 Å². The van der Waals surface area contributed by atoms with Crippen molar-refractivity contribution in [3.05, 3.63) is 83.4 Å². The molecule has 1 aromatic heterocycles. The van der Waals surface area contributed by atoms with Crippen LogP contribution in [0.25, 0.3) is 24.3 Å². The first-order valence-electron chi connectivity index (χ1n) is 12.9. The monoisotopic (exact) mass is 480 g/mol. The third-order valence-electron chi connectivity index (χ3n) is 7.11. The average molecular weight is 481 g/mol. The maximum absolute atomic E-state index is 4.56. The third kappa shape index (κ3) is 6.39. The summed E-state index contributed by atoms with van der Waals surface area (Å²) in [6, 6.07) is 17.5. The van der Waals surface area contributed by atoms with Crippen LogP contribution in [0.2, 0.25) is 0 Å². The summed E-state index contributed by atoms with van der Waals surface area (Å²) in [6.45, 7) is 8.83. The number of hydrogen-bond donors (Lipinski definition) is 0. The molecule has 2 aliphatic rings. The average Bonchev–Trinajstić information content (AvgIpc) is 2.93. The van der Waals surface area contributed by atoms with E-state index in [1.807, 2.05) is 24.5 Å². The van der Waals surface area contributed by atoms with Crippen molar-refractivity contribution in [2.45, 2.75) is 0 Å².